The monoisotopic (exact) mass is 296 g/mol. The molecule has 3 nitrogen and oxygen atoms in total. The van der Waals surface area contributed by atoms with Crippen LogP contribution in [0.3, 0.4) is 0 Å². The number of amides is 1. The van der Waals surface area contributed by atoms with Gasteiger partial charge >= 0.3 is 0 Å². The van der Waals surface area contributed by atoms with Crippen LogP contribution in [0, 0.1) is 5.82 Å². The number of halogens is 3. The highest BCUT2D eigenvalue weighted by Gasteiger charge is 2.02. The number of hydrogen-bond donors (Lipinski definition) is 2. The highest BCUT2D eigenvalue weighted by atomic mass is 79.9. The number of benzene rings is 1. The number of carbonyl (C=O) groups is 1. The first kappa shape index (κ1) is 14.3. The molecule has 0 aliphatic rings. The van der Waals surface area contributed by atoms with Crippen LogP contribution in [0.25, 0.3) is 0 Å². The lowest BCUT2D eigenvalue weighted by Crippen LogP contribution is -2.29. The van der Waals surface area contributed by atoms with Crippen LogP contribution in [0.2, 0.25) is 0 Å². The van der Waals surface area contributed by atoms with E-state index in [2.05, 4.69) is 21.2 Å². The summed E-state index contributed by atoms with van der Waals surface area (Å²) in [5.74, 6) is -0.549. The molecule has 15 heavy (non-hydrogen) atoms. The van der Waals surface area contributed by atoms with E-state index in [4.69, 9.17) is 5.73 Å². The minimum atomic E-state index is -0.314. The SMILES string of the molecule is Cl.NCC(=O)NCc1ccc(F)cc1Br. The second-order valence-corrected chi connectivity index (χ2v) is 3.57. The topological polar surface area (TPSA) is 55.1 Å². The molecule has 1 amide bonds. The molecule has 0 unspecified atom stereocenters. The van der Waals surface area contributed by atoms with Gasteiger partial charge in [0.25, 0.3) is 0 Å². The van der Waals surface area contributed by atoms with Crippen molar-refractivity contribution < 1.29 is 9.18 Å². The van der Waals surface area contributed by atoms with Crippen molar-refractivity contribution >= 4 is 34.2 Å². The van der Waals surface area contributed by atoms with Gasteiger partial charge in [0.2, 0.25) is 5.91 Å². The molecule has 0 heterocycles. The molecule has 0 aliphatic heterocycles. The van der Waals surface area contributed by atoms with Gasteiger partial charge in [0.1, 0.15) is 5.82 Å². The maximum absolute atomic E-state index is 12.7. The Morgan fingerprint density at radius 2 is 2.20 bits per heavy atom. The Balaban J connectivity index is 0.00000196. The number of nitrogens with one attached hydrogen (secondary N) is 1. The molecule has 0 aromatic heterocycles. The molecular formula is C9H11BrClFN2O. The molecule has 0 atom stereocenters. The average Bonchev–Trinajstić information content (AvgIpc) is 2.16. The molecule has 0 aliphatic carbocycles. The average molecular weight is 298 g/mol. The second kappa shape index (κ2) is 6.76. The molecular weight excluding hydrogens is 286 g/mol. The van der Waals surface area contributed by atoms with Gasteiger partial charge in [-0.2, -0.15) is 0 Å². The maximum atomic E-state index is 12.7. The zero-order valence-corrected chi connectivity index (χ0v) is 10.2. The number of rotatable bonds is 3. The summed E-state index contributed by atoms with van der Waals surface area (Å²) in [5.41, 5.74) is 5.93. The second-order valence-electron chi connectivity index (χ2n) is 2.72. The fourth-order valence-corrected chi connectivity index (χ4v) is 1.42. The van der Waals surface area contributed by atoms with Gasteiger partial charge in [0.15, 0.2) is 0 Å². The summed E-state index contributed by atoms with van der Waals surface area (Å²) in [6.45, 7) is 0.301. The largest absolute Gasteiger partial charge is 0.351 e. The lowest BCUT2D eigenvalue weighted by molar-refractivity contribution is -0.119. The molecule has 84 valence electrons. The standard InChI is InChI=1S/C9H10BrFN2O.ClH/c10-8-3-7(11)2-1-6(8)5-13-9(14)4-12;/h1-3H,4-5,12H2,(H,13,14);1H. The predicted molar refractivity (Wildman–Crippen MR) is 62.2 cm³/mol. The third-order valence-electron chi connectivity index (χ3n) is 1.68. The number of hydrogen-bond acceptors (Lipinski definition) is 2. The van der Waals surface area contributed by atoms with Gasteiger partial charge in [-0.25, -0.2) is 4.39 Å². The first-order chi connectivity index (χ1) is 6.63. The van der Waals surface area contributed by atoms with E-state index in [0.717, 1.165) is 5.56 Å². The molecule has 1 aromatic carbocycles. The maximum Gasteiger partial charge on any atom is 0.234 e. The third kappa shape index (κ3) is 4.59. The molecule has 0 fully saturated rings. The summed E-state index contributed by atoms with van der Waals surface area (Å²) in [7, 11) is 0. The summed E-state index contributed by atoms with van der Waals surface area (Å²) in [6, 6.07) is 4.30. The predicted octanol–water partition coefficient (Wildman–Crippen LogP) is 1.58. The minimum absolute atomic E-state index is 0. The van der Waals surface area contributed by atoms with Gasteiger partial charge in [-0.05, 0) is 17.7 Å². The van der Waals surface area contributed by atoms with E-state index < -0.39 is 0 Å². The molecule has 6 heteroatoms. The van der Waals surface area contributed by atoms with Gasteiger partial charge in [0.05, 0.1) is 6.54 Å². The molecule has 1 aromatic rings. The van der Waals surface area contributed by atoms with E-state index in [9.17, 15) is 9.18 Å². The quantitative estimate of drug-likeness (QED) is 0.890. The van der Waals surface area contributed by atoms with Crippen LogP contribution in [0.4, 0.5) is 4.39 Å². The van der Waals surface area contributed by atoms with Crippen LogP contribution in [-0.4, -0.2) is 12.5 Å². The third-order valence-corrected chi connectivity index (χ3v) is 2.41. The van der Waals surface area contributed by atoms with Crippen molar-refractivity contribution in [3.63, 3.8) is 0 Å². The first-order valence-corrected chi connectivity index (χ1v) is 4.83. The molecule has 0 spiro atoms. The Labute approximate surface area is 102 Å². The lowest BCUT2D eigenvalue weighted by atomic mass is 10.2. The normalized spacial score (nSPS) is 9.27. The highest BCUT2D eigenvalue weighted by molar-refractivity contribution is 9.10. The Bertz CT molecular complexity index is 349. The Morgan fingerprint density at radius 1 is 1.53 bits per heavy atom. The minimum Gasteiger partial charge on any atom is -0.351 e. The summed E-state index contributed by atoms with van der Waals surface area (Å²) >= 11 is 3.20. The Kier molecular flexibility index (Phi) is 6.47. The number of carbonyl (C=O) groups excluding carboxylic acids is 1. The summed E-state index contributed by atoms with van der Waals surface area (Å²) in [5, 5.41) is 2.59. The van der Waals surface area contributed by atoms with Crippen LogP contribution < -0.4 is 11.1 Å². The van der Waals surface area contributed by atoms with Crippen molar-refractivity contribution in [3.8, 4) is 0 Å². The van der Waals surface area contributed by atoms with Gasteiger partial charge in [-0.3, -0.25) is 4.79 Å². The van der Waals surface area contributed by atoms with Gasteiger partial charge < -0.3 is 11.1 Å². The van der Waals surface area contributed by atoms with Crippen molar-refractivity contribution in [2.24, 2.45) is 5.73 Å². The molecule has 0 saturated carbocycles. The lowest BCUT2D eigenvalue weighted by Gasteiger charge is -2.05. The Hall–Kier alpha value is -0.650. The molecule has 3 N–H and O–H groups in total. The highest BCUT2D eigenvalue weighted by Crippen LogP contribution is 2.17. The van der Waals surface area contributed by atoms with Crippen LogP contribution in [0.15, 0.2) is 22.7 Å². The smallest absolute Gasteiger partial charge is 0.234 e. The van der Waals surface area contributed by atoms with Gasteiger partial charge in [-0.15, -0.1) is 12.4 Å². The van der Waals surface area contributed by atoms with Crippen molar-refractivity contribution in [2.45, 2.75) is 6.54 Å². The summed E-state index contributed by atoms with van der Waals surface area (Å²) in [6.07, 6.45) is 0. The molecule has 0 bridgehead atoms. The number of nitrogens with two attached hydrogens (primary N) is 1. The molecule has 0 saturated heterocycles. The van der Waals surface area contributed by atoms with E-state index >= 15 is 0 Å². The van der Waals surface area contributed by atoms with Crippen molar-refractivity contribution in [3.05, 3.63) is 34.1 Å². The van der Waals surface area contributed by atoms with Crippen LogP contribution in [0.1, 0.15) is 5.56 Å². The van der Waals surface area contributed by atoms with E-state index in [0.29, 0.717) is 11.0 Å². The van der Waals surface area contributed by atoms with Crippen molar-refractivity contribution in [1.29, 1.82) is 0 Å². The zero-order chi connectivity index (χ0) is 10.6. The molecule has 1 rings (SSSR count). The van der Waals surface area contributed by atoms with Crippen molar-refractivity contribution in [2.75, 3.05) is 6.54 Å². The fraction of sp³-hybridized carbons (Fsp3) is 0.222. The summed E-state index contributed by atoms with van der Waals surface area (Å²) < 4.78 is 13.3. The van der Waals surface area contributed by atoms with Crippen LogP contribution in [-0.2, 0) is 11.3 Å². The van der Waals surface area contributed by atoms with Crippen LogP contribution >= 0.6 is 28.3 Å². The fourth-order valence-electron chi connectivity index (χ4n) is 0.931. The van der Waals surface area contributed by atoms with E-state index in [-0.39, 0.29) is 30.7 Å². The Morgan fingerprint density at radius 3 is 2.73 bits per heavy atom. The van der Waals surface area contributed by atoms with Crippen molar-refractivity contribution in [1.82, 2.24) is 5.32 Å². The van der Waals surface area contributed by atoms with E-state index in [1.54, 1.807) is 6.07 Å². The molecule has 0 radical (unpaired) electrons. The van der Waals surface area contributed by atoms with Gasteiger partial charge in [-0.1, -0.05) is 22.0 Å². The van der Waals surface area contributed by atoms with Crippen LogP contribution in [0.5, 0.6) is 0 Å². The first-order valence-electron chi connectivity index (χ1n) is 4.04. The van der Waals surface area contributed by atoms with E-state index in [1.807, 2.05) is 0 Å². The van der Waals surface area contributed by atoms with Gasteiger partial charge in [0, 0.05) is 11.0 Å². The van der Waals surface area contributed by atoms with E-state index in [1.165, 1.54) is 12.1 Å². The zero-order valence-electron chi connectivity index (χ0n) is 7.80. The summed E-state index contributed by atoms with van der Waals surface area (Å²) in [4.78, 5) is 10.8.